The maximum absolute atomic E-state index is 11.1. The molecular weight excluding hydrogens is 284 g/mol. The standard InChI is InChI=1S/C12H15BrN2O2/c1-12(2,6-14-7-13)8-3-4-9-10(5-8)17-11(16)15-9/h3-5,14H,6-7H2,1-2H3,(H,15,16). The van der Waals surface area contributed by atoms with Crippen molar-refractivity contribution < 1.29 is 4.42 Å². The minimum atomic E-state index is -0.409. The zero-order valence-electron chi connectivity index (χ0n) is 9.84. The van der Waals surface area contributed by atoms with Gasteiger partial charge in [0, 0.05) is 12.0 Å². The van der Waals surface area contributed by atoms with Gasteiger partial charge in [0.2, 0.25) is 0 Å². The number of oxazole rings is 1. The van der Waals surface area contributed by atoms with Gasteiger partial charge in [-0.1, -0.05) is 35.8 Å². The molecule has 1 heterocycles. The van der Waals surface area contributed by atoms with E-state index in [2.05, 4.69) is 40.1 Å². The molecule has 17 heavy (non-hydrogen) atoms. The SMILES string of the molecule is CC(C)(CNCBr)c1ccc2[nH]c(=O)oc2c1. The first kappa shape index (κ1) is 12.4. The molecule has 2 rings (SSSR count). The summed E-state index contributed by atoms with van der Waals surface area (Å²) in [6.07, 6.45) is 0. The number of fused-ring (bicyclic) bond motifs is 1. The maximum atomic E-state index is 11.1. The van der Waals surface area contributed by atoms with Gasteiger partial charge in [-0.05, 0) is 17.7 Å². The first-order valence-electron chi connectivity index (χ1n) is 5.43. The van der Waals surface area contributed by atoms with E-state index in [1.54, 1.807) is 0 Å². The van der Waals surface area contributed by atoms with Crippen molar-refractivity contribution >= 4 is 27.0 Å². The van der Waals surface area contributed by atoms with E-state index in [1.807, 2.05) is 18.2 Å². The van der Waals surface area contributed by atoms with E-state index in [9.17, 15) is 4.79 Å². The number of halogens is 1. The van der Waals surface area contributed by atoms with Crippen LogP contribution in [0.15, 0.2) is 27.4 Å². The topological polar surface area (TPSA) is 58.0 Å². The Morgan fingerprint density at radius 2 is 2.24 bits per heavy atom. The number of alkyl halides is 1. The molecule has 0 saturated heterocycles. The van der Waals surface area contributed by atoms with Crippen molar-refractivity contribution in [3.05, 3.63) is 34.3 Å². The Kier molecular flexibility index (Phi) is 3.40. The number of aromatic nitrogens is 1. The summed E-state index contributed by atoms with van der Waals surface area (Å²) in [7, 11) is 0. The predicted molar refractivity (Wildman–Crippen MR) is 71.7 cm³/mol. The number of hydrogen-bond acceptors (Lipinski definition) is 3. The van der Waals surface area contributed by atoms with Gasteiger partial charge in [0.25, 0.3) is 0 Å². The Morgan fingerprint density at radius 1 is 1.47 bits per heavy atom. The highest BCUT2D eigenvalue weighted by molar-refractivity contribution is 9.09. The number of hydrogen-bond donors (Lipinski definition) is 2. The fourth-order valence-corrected chi connectivity index (χ4v) is 2.03. The first-order valence-corrected chi connectivity index (χ1v) is 6.55. The fourth-order valence-electron chi connectivity index (χ4n) is 1.83. The second kappa shape index (κ2) is 4.66. The molecular formula is C12H15BrN2O2. The first-order chi connectivity index (χ1) is 8.03. The van der Waals surface area contributed by atoms with Crippen molar-refractivity contribution in [2.45, 2.75) is 19.3 Å². The van der Waals surface area contributed by atoms with Crippen molar-refractivity contribution in [1.82, 2.24) is 10.3 Å². The lowest BCUT2D eigenvalue weighted by Crippen LogP contribution is -2.32. The molecule has 0 unspecified atom stereocenters. The molecule has 0 aliphatic heterocycles. The molecule has 0 atom stereocenters. The van der Waals surface area contributed by atoms with Crippen molar-refractivity contribution in [3.63, 3.8) is 0 Å². The molecule has 0 radical (unpaired) electrons. The van der Waals surface area contributed by atoms with E-state index < -0.39 is 5.76 Å². The normalized spacial score (nSPS) is 12.2. The Hall–Kier alpha value is -1.07. The predicted octanol–water partition coefficient (Wildman–Crippen LogP) is 2.34. The van der Waals surface area contributed by atoms with Gasteiger partial charge in [-0.15, -0.1) is 0 Å². The van der Waals surface area contributed by atoms with E-state index in [0.717, 1.165) is 23.1 Å². The van der Waals surface area contributed by atoms with Crippen LogP contribution < -0.4 is 11.1 Å². The molecule has 4 nitrogen and oxygen atoms in total. The number of nitrogens with one attached hydrogen (secondary N) is 2. The lowest BCUT2D eigenvalue weighted by Gasteiger charge is -2.25. The summed E-state index contributed by atoms with van der Waals surface area (Å²) in [5.74, 6) is -0.409. The molecule has 2 N–H and O–H groups in total. The van der Waals surface area contributed by atoms with Gasteiger partial charge in [-0.3, -0.25) is 4.98 Å². The quantitative estimate of drug-likeness (QED) is 0.673. The largest absolute Gasteiger partial charge is 0.417 e. The number of rotatable bonds is 4. The summed E-state index contributed by atoms with van der Waals surface area (Å²) < 4.78 is 5.07. The molecule has 0 amide bonds. The minimum absolute atomic E-state index is 0.0161. The van der Waals surface area contributed by atoms with Gasteiger partial charge in [0.05, 0.1) is 11.0 Å². The Morgan fingerprint density at radius 3 is 2.94 bits per heavy atom. The van der Waals surface area contributed by atoms with Crippen LogP contribution in [0.4, 0.5) is 0 Å². The van der Waals surface area contributed by atoms with E-state index in [1.165, 1.54) is 0 Å². The molecule has 1 aromatic carbocycles. The highest BCUT2D eigenvalue weighted by Gasteiger charge is 2.20. The highest BCUT2D eigenvalue weighted by Crippen LogP contribution is 2.25. The van der Waals surface area contributed by atoms with Crippen LogP contribution in [-0.4, -0.2) is 17.0 Å². The van der Waals surface area contributed by atoms with Crippen molar-refractivity contribution in [2.75, 3.05) is 12.0 Å². The third kappa shape index (κ3) is 2.61. The van der Waals surface area contributed by atoms with Crippen LogP contribution in [0, 0.1) is 0 Å². The van der Waals surface area contributed by atoms with Gasteiger partial charge in [0.1, 0.15) is 0 Å². The van der Waals surface area contributed by atoms with Crippen LogP contribution in [0.3, 0.4) is 0 Å². The van der Waals surface area contributed by atoms with Crippen LogP contribution in [0.25, 0.3) is 11.1 Å². The average Bonchev–Trinajstić information content (AvgIpc) is 2.65. The number of aromatic amines is 1. The Labute approximate surface area is 108 Å². The molecule has 92 valence electrons. The van der Waals surface area contributed by atoms with E-state index >= 15 is 0 Å². The zero-order valence-corrected chi connectivity index (χ0v) is 11.4. The molecule has 5 heteroatoms. The summed E-state index contributed by atoms with van der Waals surface area (Å²) in [4.78, 5) is 13.7. The monoisotopic (exact) mass is 298 g/mol. The molecule has 0 saturated carbocycles. The van der Waals surface area contributed by atoms with E-state index in [0.29, 0.717) is 5.58 Å². The summed E-state index contributed by atoms with van der Waals surface area (Å²) in [5.41, 5.74) is 3.24. The second-order valence-electron chi connectivity index (χ2n) is 4.67. The average molecular weight is 299 g/mol. The minimum Gasteiger partial charge on any atom is -0.408 e. The van der Waals surface area contributed by atoms with Crippen molar-refractivity contribution in [1.29, 1.82) is 0 Å². The zero-order chi connectivity index (χ0) is 12.5. The van der Waals surface area contributed by atoms with Crippen molar-refractivity contribution in [3.8, 4) is 0 Å². The molecule has 0 bridgehead atoms. The van der Waals surface area contributed by atoms with Crippen LogP contribution in [-0.2, 0) is 5.41 Å². The molecule has 1 aromatic heterocycles. The highest BCUT2D eigenvalue weighted by atomic mass is 79.9. The molecule has 0 spiro atoms. The fraction of sp³-hybridized carbons (Fsp3) is 0.417. The van der Waals surface area contributed by atoms with Crippen LogP contribution in [0.1, 0.15) is 19.4 Å². The lowest BCUT2D eigenvalue weighted by molar-refractivity contribution is 0.489. The summed E-state index contributed by atoms with van der Waals surface area (Å²) in [6.45, 7) is 5.14. The van der Waals surface area contributed by atoms with Gasteiger partial charge in [0.15, 0.2) is 5.58 Å². The summed E-state index contributed by atoms with van der Waals surface area (Å²) >= 11 is 3.34. The van der Waals surface area contributed by atoms with Crippen LogP contribution >= 0.6 is 15.9 Å². The van der Waals surface area contributed by atoms with Crippen LogP contribution in [0.2, 0.25) is 0 Å². The van der Waals surface area contributed by atoms with Crippen molar-refractivity contribution in [2.24, 2.45) is 0 Å². The lowest BCUT2D eigenvalue weighted by atomic mass is 9.84. The van der Waals surface area contributed by atoms with Crippen LogP contribution in [0.5, 0.6) is 0 Å². The van der Waals surface area contributed by atoms with Gasteiger partial charge < -0.3 is 9.73 Å². The molecule has 0 aliphatic carbocycles. The summed E-state index contributed by atoms with van der Waals surface area (Å²) in [5, 5.41) is 3.26. The maximum Gasteiger partial charge on any atom is 0.417 e. The number of benzene rings is 1. The second-order valence-corrected chi connectivity index (χ2v) is 5.23. The summed E-state index contributed by atoms with van der Waals surface area (Å²) in [6, 6.07) is 5.82. The van der Waals surface area contributed by atoms with Gasteiger partial charge in [-0.2, -0.15) is 0 Å². The van der Waals surface area contributed by atoms with Gasteiger partial charge >= 0.3 is 5.76 Å². The molecule has 0 fully saturated rings. The Bertz CT molecular complexity index is 571. The third-order valence-corrected chi connectivity index (χ3v) is 3.26. The number of H-pyrrole nitrogens is 1. The third-order valence-electron chi connectivity index (χ3n) is 2.86. The van der Waals surface area contributed by atoms with Gasteiger partial charge in [-0.25, -0.2) is 4.79 Å². The molecule has 0 aliphatic rings. The molecule has 2 aromatic rings. The smallest absolute Gasteiger partial charge is 0.408 e. The van der Waals surface area contributed by atoms with E-state index in [4.69, 9.17) is 4.42 Å². The van der Waals surface area contributed by atoms with E-state index in [-0.39, 0.29) is 5.41 Å². The Balaban J connectivity index is 2.37.